The fourth-order valence-corrected chi connectivity index (χ4v) is 3.03. The predicted octanol–water partition coefficient (Wildman–Crippen LogP) is 3.83. The fourth-order valence-electron chi connectivity index (χ4n) is 1.94. The number of halogens is 2. The Bertz CT molecular complexity index is 965. The number of nitrogens with zero attached hydrogens (tertiary/aromatic N) is 2. The first-order chi connectivity index (χ1) is 11.9. The van der Waals surface area contributed by atoms with Gasteiger partial charge in [0.25, 0.3) is 5.22 Å². The van der Waals surface area contributed by atoms with Gasteiger partial charge in [-0.25, -0.2) is 0 Å². The van der Waals surface area contributed by atoms with Gasteiger partial charge in [0.1, 0.15) is 11.5 Å². The molecule has 0 aliphatic heterocycles. The molecule has 9 heteroatoms. The number of hydrogen-bond acceptors (Lipinski definition) is 7. The van der Waals surface area contributed by atoms with Crippen LogP contribution >= 0.6 is 35.0 Å². The Kier molecular flexibility index (Phi) is 5.17. The lowest BCUT2D eigenvalue weighted by Gasteiger charge is -2.04. The van der Waals surface area contributed by atoms with E-state index in [-0.39, 0.29) is 10.1 Å². The highest BCUT2D eigenvalue weighted by atomic mass is 35.5. The summed E-state index contributed by atoms with van der Waals surface area (Å²) in [7, 11) is 0. The second-order valence-electron chi connectivity index (χ2n) is 4.79. The molecule has 0 saturated heterocycles. The van der Waals surface area contributed by atoms with Crippen LogP contribution < -0.4 is 5.11 Å². The number of hydrogen-bond donors (Lipinski definition) is 0. The highest BCUT2D eigenvalue weighted by molar-refractivity contribution is 8.03. The zero-order valence-corrected chi connectivity index (χ0v) is 15.0. The van der Waals surface area contributed by atoms with Gasteiger partial charge in [0.2, 0.25) is 5.89 Å². The molecule has 6 nitrogen and oxygen atoms in total. The summed E-state index contributed by atoms with van der Waals surface area (Å²) in [5.74, 6) is -0.306. The molecule has 0 bridgehead atoms. The number of thioether (sulfide) groups is 1. The number of aromatic nitrogens is 2. The Morgan fingerprint density at radius 3 is 2.68 bits per heavy atom. The van der Waals surface area contributed by atoms with Crippen LogP contribution in [0, 0.1) is 6.92 Å². The summed E-state index contributed by atoms with van der Waals surface area (Å²) in [5, 5.41) is 19.5. The third-order valence-corrected chi connectivity index (χ3v) is 4.69. The number of carbonyl (C=O) groups is 1. The molecule has 0 aliphatic rings. The number of aryl methyl sites for hydroxylation is 1. The van der Waals surface area contributed by atoms with Crippen molar-refractivity contribution in [2.24, 2.45) is 0 Å². The molecule has 0 radical (unpaired) electrons. The largest absolute Gasteiger partial charge is 0.544 e. The molecule has 0 N–H and O–H groups in total. The number of aliphatic carboxylic acids is 1. The first kappa shape index (κ1) is 17.6. The molecule has 0 unspecified atom stereocenters. The van der Waals surface area contributed by atoms with Gasteiger partial charge >= 0.3 is 0 Å². The van der Waals surface area contributed by atoms with Crippen LogP contribution in [0.15, 0.2) is 49.3 Å². The summed E-state index contributed by atoms with van der Waals surface area (Å²) in [6, 6.07) is 8.42. The molecule has 3 aromatic rings. The van der Waals surface area contributed by atoms with Crippen LogP contribution in [0.3, 0.4) is 0 Å². The van der Waals surface area contributed by atoms with Gasteiger partial charge in [0.15, 0.2) is 0 Å². The van der Waals surface area contributed by atoms with Crippen LogP contribution in [0.1, 0.15) is 11.7 Å². The normalized spacial score (nSPS) is 11.7. The van der Waals surface area contributed by atoms with Gasteiger partial charge in [-0.15, -0.1) is 10.2 Å². The fraction of sp³-hybridized carbons (Fsp3) is 0.0625. The van der Waals surface area contributed by atoms with Crippen LogP contribution in [0.4, 0.5) is 0 Å². The number of carboxylic acids is 1. The lowest BCUT2D eigenvalue weighted by molar-refractivity contribution is -0.298. The van der Waals surface area contributed by atoms with E-state index in [1.165, 1.54) is 6.08 Å². The van der Waals surface area contributed by atoms with Crippen LogP contribution in [-0.4, -0.2) is 16.2 Å². The zero-order chi connectivity index (χ0) is 18.0. The van der Waals surface area contributed by atoms with Gasteiger partial charge in [-0.3, -0.25) is 0 Å². The van der Waals surface area contributed by atoms with Crippen molar-refractivity contribution in [3.05, 3.63) is 56.9 Å². The Hall–Kier alpha value is -2.22. The van der Waals surface area contributed by atoms with Gasteiger partial charge in [-0.1, -0.05) is 29.3 Å². The van der Waals surface area contributed by atoms with Crippen molar-refractivity contribution in [2.45, 2.75) is 12.1 Å². The van der Waals surface area contributed by atoms with Gasteiger partial charge in [-0.05, 0) is 42.1 Å². The van der Waals surface area contributed by atoms with Gasteiger partial charge < -0.3 is 18.7 Å². The molecule has 128 valence electrons. The molecule has 0 atom stereocenters. The summed E-state index contributed by atoms with van der Waals surface area (Å²) in [6.07, 6.45) is 1.31. The zero-order valence-electron chi connectivity index (χ0n) is 12.7. The molecule has 25 heavy (non-hydrogen) atoms. The molecule has 0 saturated carbocycles. The molecule has 0 spiro atoms. The highest BCUT2D eigenvalue weighted by Crippen LogP contribution is 2.35. The minimum Gasteiger partial charge on any atom is -0.544 e. The number of carboxylic acid groups (broad SMARTS) is 1. The van der Waals surface area contributed by atoms with Crippen molar-refractivity contribution >= 4 is 47.0 Å². The molecular weight excluding hydrogens is 387 g/mol. The van der Waals surface area contributed by atoms with Gasteiger partial charge in [0, 0.05) is 17.4 Å². The standard InChI is InChI=1S/C16H10Cl2N2O4S/c1-8-19-20-16(23-8)25-13(15(21)22)7-9-5-6-12(24-9)10-3-2-4-11(17)14(10)18/h2-7H,1H3,(H,21,22)/p-1/b13-7+. The van der Waals surface area contributed by atoms with E-state index < -0.39 is 5.97 Å². The minimum atomic E-state index is -1.39. The second kappa shape index (κ2) is 7.35. The van der Waals surface area contributed by atoms with Crippen molar-refractivity contribution in [2.75, 3.05) is 0 Å². The first-order valence-corrected chi connectivity index (χ1v) is 8.46. The molecule has 0 amide bonds. The maximum atomic E-state index is 11.3. The van der Waals surface area contributed by atoms with Crippen molar-refractivity contribution in [1.29, 1.82) is 0 Å². The Labute approximate surface area is 156 Å². The van der Waals surface area contributed by atoms with Crippen LogP contribution in [0.2, 0.25) is 10.0 Å². The van der Waals surface area contributed by atoms with E-state index in [4.69, 9.17) is 32.0 Å². The third kappa shape index (κ3) is 4.07. The second-order valence-corrected chi connectivity index (χ2v) is 6.57. The Morgan fingerprint density at radius 1 is 1.20 bits per heavy atom. The summed E-state index contributed by atoms with van der Waals surface area (Å²) in [6.45, 7) is 1.60. The minimum absolute atomic E-state index is 0.0950. The summed E-state index contributed by atoms with van der Waals surface area (Å²) >= 11 is 12.9. The lowest BCUT2D eigenvalue weighted by Crippen LogP contribution is -2.22. The van der Waals surface area contributed by atoms with Crippen molar-refractivity contribution < 1.29 is 18.7 Å². The number of carbonyl (C=O) groups excluding carboxylic acids is 1. The average Bonchev–Trinajstić information content (AvgIpc) is 3.18. The van der Waals surface area contributed by atoms with E-state index in [1.54, 1.807) is 37.3 Å². The SMILES string of the molecule is Cc1nnc(S/C(=C/c2ccc(-c3cccc(Cl)c3Cl)o2)C(=O)[O-])o1. The average molecular weight is 396 g/mol. The molecule has 0 fully saturated rings. The molecule has 3 rings (SSSR count). The van der Waals surface area contributed by atoms with Crippen molar-refractivity contribution in [3.8, 4) is 11.3 Å². The summed E-state index contributed by atoms with van der Waals surface area (Å²) in [4.78, 5) is 11.2. The van der Waals surface area contributed by atoms with Crippen LogP contribution in [0.25, 0.3) is 17.4 Å². The van der Waals surface area contributed by atoms with E-state index >= 15 is 0 Å². The van der Waals surface area contributed by atoms with Crippen LogP contribution in [-0.2, 0) is 4.79 Å². The number of furan rings is 1. The van der Waals surface area contributed by atoms with E-state index in [1.807, 2.05) is 0 Å². The quantitative estimate of drug-likeness (QED) is 0.478. The monoisotopic (exact) mass is 395 g/mol. The molecule has 2 aromatic heterocycles. The maximum absolute atomic E-state index is 11.3. The third-order valence-electron chi connectivity index (χ3n) is 3.02. The lowest BCUT2D eigenvalue weighted by atomic mass is 10.2. The predicted molar refractivity (Wildman–Crippen MR) is 92.0 cm³/mol. The van der Waals surface area contributed by atoms with Gasteiger partial charge in [-0.2, -0.15) is 0 Å². The molecule has 0 aliphatic carbocycles. The van der Waals surface area contributed by atoms with E-state index in [2.05, 4.69) is 10.2 Å². The summed E-state index contributed by atoms with van der Waals surface area (Å²) in [5.41, 5.74) is 0.601. The smallest absolute Gasteiger partial charge is 0.281 e. The highest BCUT2D eigenvalue weighted by Gasteiger charge is 2.13. The number of benzene rings is 1. The maximum Gasteiger partial charge on any atom is 0.281 e. The van der Waals surface area contributed by atoms with E-state index in [0.29, 0.717) is 33.0 Å². The Morgan fingerprint density at radius 2 is 2.00 bits per heavy atom. The van der Waals surface area contributed by atoms with Crippen molar-refractivity contribution in [3.63, 3.8) is 0 Å². The van der Waals surface area contributed by atoms with Crippen LogP contribution in [0.5, 0.6) is 0 Å². The topological polar surface area (TPSA) is 92.2 Å². The molecule has 1 aromatic carbocycles. The van der Waals surface area contributed by atoms with E-state index in [9.17, 15) is 9.90 Å². The Balaban J connectivity index is 1.90. The first-order valence-electron chi connectivity index (χ1n) is 6.89. The summed E-state index contributed by atoms with van der Waals surface area (Å²) < 4.78 is 10.8. The number of rotatable bonds is 5. The van der Waals surface area contributed by atoms with Crippen molar-refractivity contribution in [1.82, 2.24) is 10.2 Å². The molecular formula is C16H9Cl2N2O4S-. The molecule has 2 heterocycles. The van der Waals surface area contributed by atoms with Gasteiger partial charge in [0.05, 0.1) is 16.0 Å². The van der Waals surface area contributed by atoms with E-state index in [0.717, 1.165) is 11.8 Å².